The van der Waals surface area contributed by atoms with Crippen molar-refractivity contribution in [1.29, 1.82) is 0 Å². The average Bonchev–Trinajstić information content (AvgIpc) is 1.68. The maximum Gasteiger partial charge on any atom is 0.157 e. The maximum absolute atomic E-state index is 10.1. The van der Waals surface area contributed by atoms with Gasteiger partial charge < -0.3 is 5.11 Å². The first-order chi connectivity index (χ1) is 3.31. The molecule has 0 aromatic heterocycles. The van der Waals surface area contributed by atoms with Crippen molar-refractivity contribution in [2.24, 2.45) is 0 Å². The molecular weight excluding hydrogens is 92.1 g/mol. The third-order valence-electron chi connectivity index (χ3n) is 0.586. The smallest absolute Gasteiger partial charge is 0.157 e. The Bertz CT molecular complexity index is 76.1. The number of allylic oxidation sites excluding steroid dienone is 1. The summed E-state index contributed by atoms with van der Waals surface area (Å²) in [7, 11) is 0. The van der Waals surface area contributed by atoms with Crippen molar-refractivity contribution in [1.82, 2.24) is 0 Å². The van der Waals surface area contributed by atoms with Crippen molar-refractivity contribution < 1.29 is 9.90 Å². The SMILES string of the molecule is C=CC(=O)CCO. The second-order valence-electron chi connectivity index (χ2n) is 1.14. The zero-order valence-electron chi connectivity index (χ0n) is 4.05. The molecule has 0 aliphatic heterocycles. The monoisotopic (exact) mass is 100 g/mol. The molecule has 0 aliphatic rings. The standard InChI is InChI=1S/C5H8O2/c1-2-5(7)3-4-6/h2,6H,1,3-4H2. The third-order valence-corrected chi connectivity index (χ3v) is 0.586. The Kier molecular flexibility index (Phi) is 3.24. The molecular formula is C5H8O2. The molecule has 0 unspecified atom stereocenters. The van der Waals surface area contributed by atoms with Crippen LogP contribution in [0.25, 0.3) is 0 Å². The van der Waals surface area contributed by atoms with E-state index in [1.807, 2.05) is 0 Å². The number of rotatable bonds is 3. The van der Waals surface area contributed by atoms with Gasteiger partial charge >= 0.3 is 0 Å². The van der Waals surface area contributed by atoms with Crippen molar-refractivity contribution >= 4 is 5.78 Å². The lowest BCUT2D eigenvalue weighted by Crippen LogP contribution is -1.94. The summed E-state index contributed by atoms with van der Waals surface area (Å²) in [6.45, 7) is 3.14. The van der Waals surface area contributed by atoms with Gasteiger partial charge in [0.2, 0.25) is 0 Å². The fraction of sp³-hybridized carbons (Fsp3) is 0.400. The van der Waals surface area contributed by atoms with Gasteiger partial charge in [-0.3, -0.25) is 4.79 Å². The largest absolute Gasteiger partial charge is 0.396 e. The summed E-state index contributed by atoms with van der Waals surface area (Å²) >= 11 is 0. The number of aliphatic hydroxyl groups excluding tert-OH is 1. The van der Waals surface area contributed by atoms with E-state index in [1.54, 1.807) is 0 Å². The van der Waals surface area contributed by atoms with Gasteiger partial charge in [0.1, 0.15) is 0 Å². The van der Waals surface area contributed by atoms with Crippen LogP contribution in [0.15, 0.2) is 12.7 Å². The Balaban J connectivity index is 3.17. The number of aliphatic hydroxyl groups is 1. The van der Waals surface area contributed by atoms with Crippen molar-refractivity contribution in [2.75, 3.05) is 6.61 Å². The van der Waals surface area contributed by atoms with Gasteiger partial charge in [0, 0.05) is 6.42 Å². The third kappa shape index (κ3) is 3.19. The fourth-order valence-electron chi connectivity index (χ4n) is 0.212. The molecule has 2 nitrogen and oxygen atoms in total. The van der Waals surface area contributed by atoms with Crippen molar-refractivity contribution in [3.8, 4) is 0 Å². The van der Waals surface area contributed by atoms with Crippen LogP contribution in [0.4, 0.5) is 0 Å². The summed E-state index contributed by atoms with van der Waals surface area (Å²) < 4.78 is 0. The Morgan fingerprint density at radius 3 is 2.57 bits per heavy atom. The molecule has 2 heteroatoms. The molecule has 0 amide bonds. The van der Waals surface area contributed by atoms with Gasteiger partial charge in [-0.25, -0.2) is 0 Å². The molecule has 0 aromatic carbocycles. The molecule has 7 heavy (non-hydrogen) atoms. The van der Waals surface area contributed by atoms with E-state index in [-0.39, 0.29) is 18.8 Å². The molecule has 0 saturated heterocycles. The first-order valence-corrected chi connectivity index (χ1v) is 2.07. The lowest BCUT2D eigenvalue weighted by Gasteiger charge is -1.82. The quantitative estimate of drug-likeness (QED) is 0.511. The molecule has 40 valence electrons. The molecule has 0 rings (SSSR count). The molecule has 0 fully saturated rings. The maximum atomic E-state index is 10.1. The van der Waals surface area contributed by atoms with Crippen LogP contribution in [0, 0.1) is 0 Å². The number of carbonyl (C=O) groups is 1. The van der Waals surface area contributed by atoms with Crippen LogP contribution in [0.5, 0.6) is 0 Å². The van der Waals surface area contributed by atoms with E-state index in [4.69, 9.17) is 5.11 Å². The fourth-order valence-corrected chi connectivity index (χ4v) is 0.212. The van der Waals surface area contributed by atoms with E-state index >= 15 is 0 Å². The summed E-state index contributed by atoms with van der Waals surface area (Å²) in [6, 6.07) is 0. The highest BCUT2D eigenvalue weighted by atomic mass is 16.3. The molecule has 1 N–H and O–H groups in total. The number of hydrogen-bond donors (Lipinski definition) is 1. The van der Waals surface area contributed by atoms with Crippen LogP contribution in [0.3, 0.4) is 0 Å². The number of carbonyl (C=O) groups excluding carboxylic acids is 1. The van der Waals surface area contributed by atoms with Crippen molar-refractivity contribution in [2.45, 2.75) is 6.42 Å². The van der Waals surface area contributed by atoms with Crippen molar-refractivity contribution in [3.05, 3.63) is 12.7 Å². The molecule has 0 radical (unpaired) electrons. The highest BCUT2D eigenvalue weighted by Crippen LogP contribution is 1.78. The summed E-state index contributed by atoms with van der Waals surface area (Å²) in [5.41, 5.74) is 0. The van der Waals surface area contributed by atoms with Crippen LogP contribution in [-0.2, 0) is 4.79 Å². The molecule has 0 heterocycles. The highest BCUT2D eigenvalue weighted by molar-refractivity contribution is 5.88. The first-order valence-electron chi connectivity index (χ1n) is 2.07. The molecule has 0 aromatic rings. The summed E-state index contributed by atoms with van der Waals surface area (Å²) in [5, 5.41) is 8.10. The van der Waals surface area contributed by atoms with E-state index in [9.17, 15) is 4.79 Å². The topological polar surface area (TPSA) is 37.3 Å². The minimum atomic E-state index is -0.109. The van der Waals surface area contributed by atoms with Gasteiger partial charge in [-0.2, -0.15) is 0 Å². The van der Waals surface area contributed by atoms with Crippen molar-refractivity contribution in [3.63, 3.8) is 0 Å². The van der Waals surface area contributed by atoms with Crippen LogP contribution in [0.2, 0.25) is 0 Å². The lowest BCUT2D eigenvalue weighted by atomic mass is 10.3. The normalized spacial score (nSPS) is 8.14. The van der Waals surface area contributed by atoms with Gasteiger partial charge in [-0.15, -0.1) is 0 Å². The van der Waals surface area contributed by atoms with Gasteiger partial charge in [0.15, 0.2) is 5.78 Å². The average molecular weight is 100 g/mol. The van der Waals surface area contributed by atoms with Crippen LogP contribution < -0.4 is 0 Å². The van der Waals surface area contributed by atoms with Gasteiger partial charge in [0.25, 0.3) is 0 Å². The zero-order valence-corrected chi connectivity index (χ0v) is 4.05. The Labute approximate surface area is 42.5 Å². The first kappa shape index (κ1) is 6.37. The lowest BCUT2D eigenvalue weighted by molar-refractivity contribution is -0.115. The molecule has 0 bridgehead atoms. The summed E-state index contributed by atoms with van der Waals surface area (Å²) in [5.74, 6) is -0.109. The van der Waals surface area contributed by atoms with Crippen LogP contribution >= 0.6 is 0 Å². The second kappa shape index (κ2) is 3.56. The van der Waals surface area contributed by atoms with E-state index < -0.39 is 0 Å². The van der Waals surface area contributed by atoms with E-state index in [0.29, 0.717) is 0 Å². The highest BCUT2D eigenvalue weighted by Gasteiger charge is 1.88. The van der Waals surface area contributed by atoms with Crippen LogP contribution in [-0.4, -0.2) is 17.5 Å². The summed E-state index contributed by atoms with van der Waals surface area (Å²) in [6.07, 6.45) is 1.40. The molecule has 0 aliphatic carbocycles. The Morgan fingerprint density at radius 2 is 2.43 bits per heavy atom. The van der Waals surface area contributed by atoms with Gasteiger partial charge in [0.05, 0.1) is 6.61 Å². The Hall–Kier alpha value is -0.630. The molecule has 0 saturated carbocycles. The van der Waals surface area contributed by atoms with E-state index in [1.165, 1.54) is 6.08 Å². The minimum Gasteiger partial charge on any atom is -0.396 e. The predicted octanol–water partition coefficient (Wildman–Crippen LogP) is 0.124. The summed E-state index contributed by atoms with van der Waals surface area (Å²) in [4.78, 5) is 10.1. The minimum absolute atomic E-state index is 0.0785. The van der Waals surface area contributed by atoms with E-state index in [0.717, 1.165) is 0 Å². The predicted molar refractivity (Wildman–Crippen MR) is 26.9 cm³/mol. The van der Waals surface area contributed by atoms with Gasteiger partial charge in [-0.05, 0) is 6.08 Å². The number of ketones is 1. The second-order valence-corrected chi connectivity index (χ2v) is 1.14. The number of hydrogen-bond acceptors (Lipinski definition) is 2. The zero-order chi connectivity index (χ0) is 5.70. The van der Waals surface area contributed by atoms with E-state index in [2.05, 4.69) is 6.58 Å². The molecule has 0 atom stereocenters. The van der Waals surface area contributed by atoms with Crippen LogP contribution in [0.1, 0.15) is 6.42 Å². The molecule has 0 spiro atoms. The Morgan fingerprint density at radius 1 is 1.86 bits per heavy atom. The van der Waals surface area contributed by atoms with Gasteiger partial charge in [-0.1, -0.05) is 6.58 Å².